The van der Waals surface area contributed by atoms with Crippen molar-refractivity contribution in [3.63, 3.8) is 0 Å². The van der Waals surface area contributed by atoms with E-state index in [9.17, 15) is 9.90 Å². The Morgan fingerprint density at radius 1 is 1.48 bits per heavy atom. The molecule has 0 spiro atoms. The lowest BCUT2D eigenvalue weighted by atomic mass is 9.67. The zero-order chi connectivity index (χ0) is 15.6. The summed E-state index contributed by atoms with van der Waals surface area (Å²) in [5.74, 6) is 0.596. The Balaban J connectivity index is 2.16. The molecule has 0 aromatic carbocycles. The van der Waals surface area contributed by atoms with Gasteiger partial charge in [0.05, 0.1) is 12.2 Å². The van der Waals surface area contributed by atoms with E-state index in [1.807, 2.05) is 13.0 Å². The summed E-state index contributed by atoms with van der Waals surface area (Å²) in [5.41, 5.74) is 0.285. The van der Waals surface area contributed by atoms with Crippen molar-refractivity contribution >= 4 is 17.7 Å². The van der Waals surface area contributed by atoms with Crippen molar-refractivity contribution in [1.29, 1.82) is 0 Å². The minimum absolute atomic E-state index is 0.142. The lowest BCUT2D eigenvalue weighted by molar-refractivity contribution is -0.143. The molecule has 0 saturated heterocycles. The molecule has 1 saturated carbocycles. The topological polar surface area (TPSA) is 50.4 Å². The van der Waals surface area contributed by atoms with Gasteiger partial charge in [-0.2, -0.15) is 0 Å². The van der Waals surface area contributed by atoms with Crippen LogP contribution >= 0.6 is 11.8 Å². The van der Waals surface area contributed by atoms with Gasteiger partial charge in [0.1, 0.15) is 5.76 Å². The standard InChI is InChI=1S/C17H26O3S/c1-5-17(3,4)12-6-7-13(16(18)19)15(10-12)21-14-8-9-20-11(14)2/h8-9,12-13,15H,5-7,10H2,1-4H3,(H,18,19). The number of thioether (sulfide) groups is 1. The van der Waals surface area contributed by atoms with Crippen LogP contribution in [0, 0.1) is 24.2 Å². The molecular weight excluding hydrogens is 284 g/mol. The summed E-state index contributed by atoms with van der Waals surface area (Å²) in [6.07, 6.45) is 5.62. The second-order valence-electron chi connectivity index (χ2n) is 6.79. The number of furan rings is 1. The third-order valence-corrected chi connectivity index (χ3v) is 6.72. The lowest BCUT2D eigenvalue weighted by Gasteiger charge is -2.41. The van der Waals surface area contributed by atoms with E-state index in [1.165, 1.54) is 0 Å². The van der Waals surface area contributed by atoms with E-state index in [-0.39, 0.29) is 16.6 Å². The number of aryl methyl sites for hydroxylation is 1. The van der Waals surface area contributed by atoms with Crippen LogP contribution in [0.2, 0.25) is 0 Å². The van der Waals surface area contributed by atoms with E-state index in [4.69, 9.17) is 4.42 Å². The Hall–Kier alpha value is -0.900. The molecule has 0 bridgehead atoms. The molecule has 1 N–H and O–H groups in total. The van der Waals surface area contributed by atoms with Crippen LogP contribution in [0.1, 0.15) is 52.2 Å². The Labute approximate surface area is 131 Å². The first-order valence-electron chi connectivity index (χ1n) is 7.78. The van der Waals surface area contributed by atoms with E-state index in [0.29, 0.717) is 5.92 Å². The summed E-state index contributed by atoms with van der Waals surface area (Å²) >= 11 is 1.69. The number of aliphatic carboxylic acids is 1. The number of carboxylic acids is 1. The van der Waals surface area contributed by atoms with Crippen molar-refractivity contribution in [1.82, 2.24) is 0 Å². The second kappa shape index (κ2) is 6.47. The summed E-state index contributed by atoms with van der Waals surface area (Å²) in [7, 11) is 0. The average molecular weight is 310 g/mol. The van der Waals surface area contributed by atoms with Gasteiger partial charge in [0.2, 0.25) is 0 Å². The molecule has 1 heterocycles. The van der Waals surface area contributed by atoms with Gasteiger partial charge >= 0.3 is 5.97 Å². The molecule has 0 radical (unpaired) electrons. The predicted molar refractivity (Wildman–Crippen MR) is 85.6 cm³/mol. The van der Waals surface area contributed by atoms with E-state index in [0.717, 1.165) is 36.3 Å². The van der Waals surface area contributed by atoms with Crippen LogP contribution in [-0.4, -0.2) is 16.3 Å². The van der Waals surface area contributed by atoms with Crippen LogP contribution in [0.3, 0.4) is 0 Å². The molecule has 1 aromatic rings. The first-order valence-corrected chi connectivity index (χ1v) is 8.66. The van der Waals surface area contributed by atoms with Gasteiger partial charge in [-0.05, 0) is 43.6 Å². The van der Waals surface area contributed by atoms with Crippen LogP contribution < -0.4 is 0 Å². The van der Waals surface area contributed by atoms with Crippen molar-refractivity contribution in [3.8, 4) is 0 Å². The number of carbonyl (C=O) groups is 1. The van der Waals surface area contributed by atoms with Crippen molar-refractivity contribution < 1.29 is 14.3 Å². The average Bonchev–Trinajstić information content (AvgIpc) is 2.84. The number of carboxylic acid groups (broad SMARTS) is 1. The van der Waals surface area contributed by atoms with E-state index >= 15 is 0 Å². The summed E-state index contributed by atoms with van der Waals surface area (Å²) in [4.78, 5) is 12.7. The number of hydrogen-bond donors (Lipinski definition) is 1. The third-order valence-electron chi connectivity index (χ3n) is 5.21. The summed E-state index contributed by atoms with van der Waals surface area (Å²) < 4.78 is 5.35. The van der Waals surface area contributed by atoms with Gasteiger partial charge in [-0.3, -0.25) is 4.79 Å². The molecule has 3 atom stereocenters. The fourth-order valence-electron chi connectivity index (χ4n) is 3.20. The first-order chi connectivity index (χ1) is 9.85. The minimum Gasteiger partial charge on any atom is -0.481 e. The number of hydrogen-bond acceptors (Lipinski definition) is 3. The maximum Gasteiger partial charge on any atom is 0.307 e. The summed E-state index contributed by atoms with van der Waals surface area (Å²) in [6.45, 7) is 8.78. The van der Waals surface area contributed by atoms with E-state index < -0.39 is 5.97 Å². The zero-order valence-corrected chi connectivity index (χ0v) is 14.2. The van der Waals surface area contributed by atoms with Gasteiger partial charge in [0, 0.05) is 10.1 Å². The third kappa shape index (κ3) is 3.65. The highest BCUT2D eigenvalue weighted by atomic mass is 32.2. The highest BCUT2D eigenvalue weighted by molar-refractivity contribution is 8.00. The second-order valence-corrected chi connectivity index (χ2v) is 8.08. The molecule has 4 heteroatoms. The molecule has 118 valence electrons. The van der Waals surface area contributed by atoms with Crippen LogP contribution in [0.25, 0.3) is 0 Å². The molecule has 1 aromatic heterocycles. The molecule has 0 aliphatic heterocycles. The lowest BCUT2D eigenvalue weighted by Crippen LogP contribution is -2.37. The van der Waals surface area contributed by atoms with Gasteiger partial charge in [-0.1, -0.05) is 27.2 Å². The minimum atomic E-state index is -0.651. The molecule has 0 amide bonds. The van der Waals surface area contributed by atoms with Crippen LogP contribution in [0.15, 0.2) is 21.6 Å². The molecule has 2 rings (SSSR count). The van der Waals surface area contributed by atoms with E-state index in [2.05, 4.69) is 20.8 Å². The predicted octanol–water partition coefficient (Wildman–Crippen LogP) is 4.99. The van der Waals surface area contributed by atoms with E-state index in [1.54, 1.807) is 18.0 Å². The Morgan fingerprint density at radius 3 is 2.71 bits per heavy atom. The van der Waals surface area contributed by atoms with Gasteiger partial charge in [0.15, 0.2) is 0 Å². The van der Waals surface area contributed by atoms with Crippen LogP contribution in [0.4, 0.5) is 0 Å². The quantitative estimate of drug-likeness (QED) is 0.832. The Kier molecular flexibility index (Phi) is 5.07. The normalized spacial score (nSPS) is 26.8. The molecule has 1 aliphatic carbocycles. The molecule has 3 nitrogen and oxygen atoms in total. The van der Waals surface area contributed by atoms with Gasteiger partial charge < -0.3 is 9.52 Å². The highest BCUT2D eigenvalue weighted by Crippen LogP contribution is 2.47. The smallest absolute Gasteiger partial charge is 0.307 e. The van der Waals surface area contributed by atoms with Crippen molar-refractivity contribution in [2.24, 2.45) is 17.3 Å². The molecule has 1 fully saturated rings. The maximum absolute atomic E-state index is 11.6. The summed E-state index contributed by atoms with van der Waals surface area (Å²) in [6, 6.07) is 1.95. The zero-order valence-electron chi connectivity index (χ0n) is 13.4. The van der Waals surface area contributed by atoms with Crippen molar-refractivity contribution in [2.75, 3.05) is 0 Å². The van der Waals surface area contributed by atoms with Crippen LogP contribution in [0.5, 0.6) is 0 Å². The van der Waals surface area contributed by atoms with Gasteiger partial charge in [-0.15, -0.1) is 11.8 Å². The monoisotopic (exact) mass is 310 g/mol. The fourth-order valence-corrected chi connectivity index (χ4v) is 4.62. The van der Waals surface area contributed by atoms with Gasteiger partial charge in [-0.25, -0.2) is 0 Å². The van der Waals surface area contributed by atoms with Crippen molar-refractivity contribution in [3.05, 3.63) is 18.1 Å². The van der Waals surface area contributed by atoms with Crippen LogP contribution in [-0.2, 0) is 4.79 Å². The molecule has 1 aliphatic rings. The first kappa shape index (κ1) is 16.5. The van der Waals surface area contributed by atoms with Gasteiger partial charge in [0.25, 0.3) is 0 Å². The Morgan fingerprint density at radius 2 is 2.19 bits per heavy atom. The largest absolute Gasteiger partial charge is 0.481 e. The molecular formula is C17H26O3S. The summed E-state index contributed by atoms with van der Waals surface area (Å²) in [5, 5.41) is 9.66. The fraction of sp³-hybridized carbons (Fsp3) is 0.706. The number of rotatable bonds is 5. The highest BCUT2D eigenvalue weighted by Gasteiger charge is 2.40. The Bertz CT molecular complexity index is 492. The SMILES string of the molecule is CCC(C)(C)C1CCC(C(=O)O)C(Sc2ccoc2C)C1. The maximum atomic E-state index is 11.6. The van der Waals surface area contributed by atoms with Crippen molar-refractivity contribution in [2.45, 2.75) is 63.5 Å². The molecule has 3 unspecified atom stereocenters. The molecule has 21 heavy (non-hydrogen) atoms.